The summed E-state index contributed by atoms with van der Waals surface area (Å²) in [6, 6.07) is -0.819. The Hall–Kier alpha value is -0.810. The number of unbranched alkanes of at least 4 members (excludes halogenated alkanes) is 33. The van der Waals surface area contributed by atoms with Crippen molar-refractivity contribution in [2.45, 2.75) is 300 Å². The van der Waals surface area contributed by atoms with Gasteiger partial charge in [0.25, 0.3) is 0 Å². The molecule has 9 heteroatoms. The quantitative estimate of drug-likeness (QED) is 0.0384. The minimum absolute atomic E-state index is 0.0325. The first kappa shape index (κ1) is 54.3. The first-order chi connectivity index (χ1) is 28.9. The van der Waals surface area contributed by atoms with Crippen molar-refractivity contribution in [3.05, 3.63) is 0 Å². The van der Waals surface area contributed by atoms with Crippen molar-refractivity contribution in [3.63, 3.8) is 0 Å². The van der Waals surface area contributed by atoms with E-state index in [1.807, 2.05) is 0 Å². The van der Waals surface area contributed by atoms with Gasteiger partial charge in [-0.3, -0.25) is 4.79 Å². The maximum Gasteiger partial charge on any atom is 0.223 e. The predicted octanol–water partition coefficient (Wildman–Crippen LogP) is 11.2. The second-order valence-electron chi connectivity index (χ2n) is 18.7. The van der Waals surface area contributed by atoms with E-state index in [0.717, 1.165) is 38.5 Å². The Morgan fingerprint density at radius 1 is 0.458 bits per heavy atom. The van der Waals surface area contributed by atoms with Crippen molar-refractivity contribution in [2.75, 3.05) is 13.2 Å². The van der Waals surface area contributed by atoms with E-state index in [1.54, 1.807) is 4.90 Å². The molecule has 2 aliphatic heterocycles. The highest BCUT2D eigenvalue weighted by molar-refractivity contribution is 5.78. The predicted molar refractivity (Wildman–Crippen MR) is 242 cm³/mol. The van der Waals surface area contributed by atoms with E-state index >= 15 is 0 Å². The number of carbonyl (C=O) groups excluding carboxylic acids is 1. The lowest BCUT2D eigenvalue weighted by Crippen LogP contribution is -2.71. The zero-order valence-electron chi connectivity index (χ0n) is 38.6. The number of amides is 1. The number of aliphatic hydroxyl groups excluding tert-OH is 5. The van der Waals surface area contributed by atoms with Crippen LogP contribution in [0.5, 0.6) is 0 Å². The molecule has 0 aromatic rings. The zero-order chi connectivity index (χ0) is 42.8. The highest BCUT2D eigenvalue weighted by atomic mass is 16.7. The molecule has 0 aromatic carbocycles. The number of hydrogen-bond acceptors (Lipinski definition) is 8. The number of aliphatic hydroxyl groups is 5. The van der Waals surface area contributed by atoms with Gasteiger partial charge in [0, 0.05) is 6.42 Å². The molecule has 59 heavy (non-hydrogen) atoms. The van der Waals surface area contributed by atoms with Crippen LogP contribution in [-0.4, -0.2) is 98.4 Å². The Morgan fingerprint density at radius 3 is 1.19 bits per heavy atom. The van der Waals surface area contributed by atoms with Gasteiger partial charge < -0.3 is 39.9 Å². The molecule has 0 radical (unpaired) electrons. The maximum absolute atomic E-state index is 13.6. The molecule has 0 bridgehead atoms. The largest absolute Gasteiger partial charge is 0.394 e. The molecule has 2 fully saturated rings. The smallest absolute Gasteiger partial charge is 0.223 e. The summed E-state index contributed by atoms with van der Waals surface area (Å²) in [5.41, 5.74) is 0. The summed E-state index contributed by atoms with van der Waals surface area (Å²) >= 11 is 0. The molecule has 350 valence electrons. The highest BCUT2D eigenvalue weighted by Crippen LogP contribution is 2.33. The lowest BCUT2D eigenvalue weighted by Gasteiger charge is -2.53. The number of hydrogen-bond donors (Lipinski definition) is 5. The van der Waals surface area contributed by atoms with Gasteiger partial charge in [0.05, 0.1) is 31.4 Å². The molecule has 5 N–H and O–H groups in total. The third-order valence-corrected chi connectivity index (χ3v) is 13.4. The molecule has 9 nitrogen and oxygen atoms in total. The van der Waals surface area contributed by atoms with Crippen LogP contribution in [0.2, 0.25) is 0 Å². The Balaban J connectivity index is 1.58. The van der Waals surface area contributed by atoms with Crippen LogP contribution in [0.15, 0.2) is 0 Å². The Bertz CT molecular complexity index is 954. The Labute approximate surface area is 363 Å². The molecule has 2 aliphatic rings. The maximum atomic E-state index is 13.6. The summed E-state index contributed by atoms with van der Waals surface area (Å²) in [5.74, 6) is 0.0325. The van der Waals surface area contributed by atoms with Gasteiger partial charge in [-0.15, -0.1) is 0 Å². The van der Waals surface area contributed by atoms with Gasteiger partial charge >= 0.3 is 0 Å². The van der Waals surface area contributed by atoms with Gasteiger partial charge in [0.2, 0.25) is 5.91 Å². The molecular weight excluding hydrogens is 743 g/mol. The molecule has 0 aliphatic carbocycles. The molecule has 0 spiro atoms. The normalized spacial score (nSPS) is 24.5. The van der Waals surface area contributed by atoms with Gasteiger partial charge in [0.15, 0.2) is 6.29 Å². The second-order valence-corrected chi connectivity index (χ2v) is 18.7. The van der Waals surface area contributed by atoms with Crippen LogP contribution < -0.4 is 0 Å². The fraction of sp³-hybridized carbons (Fsp3) is 0.980. The highest BCUT2D eigenvalue weighted by Gasteiger charge is 2.51. The molecule has 0 aromatic heterocycles. The van der Waals surface area contributed by atoms with Crippen LogP contribution in [0.3, 0.4) is 0 Å². The number of nitrogens with zero attached hydrogens (tertiary/aromatic N) is 1. The standard InChI is InChI=1S/C50H97NO8/c1-3-5-7-9-11-13-15-17-18-19-20-21-22-23-24-25-26-27-29-31-33-35-37-39-45(53)51-42(38-36-34-32-30-28-16-14-12-10-8-6-4-2)46(54)43(51)41-58-50-49(57)48(56)47(55)44(40-52)59-50/h42-44,46-50,52,54-57H,3-41H2,1-2H3/t42-,43+,44-,46-,47+,48+,49-,50-/m1/s1. The van der Waals surface area contributed by atoms with Gasteiger partial charge in [-0.1, -0.05) is 232 Å². The minimum Gasteiger partial charge on any atom is -0.394 e. The SMILES string of the molecule is CCCCCCCCCCCCCCCCCCCCCCCCCC(=O)N1[C@H](CCCCCCCCCCCCCC)[C@@H](O)[C@@H]1CO[C@@H]1O[C@H](CO)[C@H](O)[C@H](O)[C@H]1O. The van der Waals surface area contributed by atoms with Gasteiger partial charge in [-0.2, -0.15) is 0 Å². The molecule has 2 saturated heterocycles. The van der Waals surface area contributed by atoms with Crippen LogP contribution in [0, 0.1) is 0 Å². The first-order valence-corrected chi connectivity index (χ1v) is 25.8. The average Bonchev–Trinajstić information content (AvgIpc) is 3.24. The van der Waals surface area contributed by atoms with E-state index in [9.17, 15) is 30.3 Å². The van der Waals surface area contributed by atoms with Crippen LogP contribution in [0.4, 0.5) is 0 Å². The lowest BCUT2D eigenvalue weighted by molar-refractivity contribution is -0.307. The van der Waals surface area contributed by atoms with E-state index in [4.69, 9.17) is 9.47 Å². The van der Waals surface area contributed by atoms with Crippen LogP contribution in [0.25, 0.3) is 0 Å². The fourth-order valence-corrected chi connectivity index (χ4v) is 9.37. The van der Waals surface area contributed by atoms with Gasteiger partial charge in [-0.25, -0.2) is 0 Å². The van der Waals surface area contributed by atoms with Crippen molar-refractivity contribution in [3.8, 4) is 0 Å². The van der Waals surface area contributed by atoms with Gasteiger partial charge in [-0.05, 0) is 12.8 Å². The number of rotatable bonds is 41. The van der Waals surface area contributed by atoms with Crippen LogP contribution in [-0.2, 0) is 14.3 Å². The molecule has 8 atom stereocenters. The minimum atomic E-state index is -1.53. The lowest BCUT2D eigenvalue weighted by atomic mass is 9.85. The van der Waals surface area contributed by atoms with Crippen LogP contribution >= 0.6 is 0 Å². The molecular formula is C50H97NO8. The second kappa shape index (κ2) is 36.7. The van der Waals surface area contributed by atoms with Crippen molar-refractivity contribution < 1.29 is 39.8 Å². The van der Waals surface area contributed by atoms with E-state index in [-0.39, 0.29) is 18.6 Å². The summed E-state index contributed by atoms with van der Waals surface area (Å²) in [6.45, 7) is 3.94. The number of likely N-dealkylation sites (tertiary alicyclic amines) is 1. The molecule has 1 amide bonds. The third kappa shape index (κ3) is 24.0. The van der Waals surface area contributed by atoms with E-state index < -0.39 is 49.5 Å². The molecule has 2 rings (SSSR count). The summed E-state index contributed by atoms with van der Waals surface area (Å²) in [7, 11) is 0. The van der Waals surface area contributed by atoms with Crippen molar-refractivity contribution in [2.24, 2.45) is 0 Å². The number of carbonyl (C=O) groups is 1. The van der Waals surface area contributed by atoms with E-state index in [0.29, 0.717) is 6.42 Å². The van der Waals surface area contributed by atoms with E-state index in [2.05, 4.69) is 13.8 Å². The summed E-state index contributed by atoms with van der Waals surface area (Å²) in [5, 5.41) is 51.6. The van der Waals surface area contributed by atoms with Gasteiger partial charge in [0.1, 0.15) is 24.4 Å². The fourth-order valence-electron chi connectivity index (χ4n) is 9.37. The van der Waals surface area contributed by atoms with Crippen molar-refractivity contribution in [1.82, 2.24) is 4.90 Å². The van der Waals surface area contributed by atoms with E-state index in [1.165, 1.54) is 193 Å². The topological polar surface area (TPSA) is 140 Å². The third-order valence-electron chi connectivity index (χ3n) is 13.4. The van der Waals surface area contributed by atoms with Crippen molar-refractivity contribution >= 4 is 5.91 Å². The zero-order valence-corrected chi connectivity index (χ0v) is 38.6. The van der Waals surface area contributed by atoms with Crippen LogP contribution in [0.1, 0.15) is 251 Å². The number of ether oxygens (including phenoxy) is 2. The molecule has 2 heterocycles. The summed E-state index contributed by atoms with van der Waals surface area (Å²) < 4.78 is 11.3. The summed E-state index contributed by atoms with van der Waals surface area (Å²) in [6.07, 6.45) is 39.4. The molecule has 0 saturated carbocycles. The molecule has 0 unspecified atom stereocenters. The van der Waals surface area contributed by atoms with Crippen molar-refractivity contribution in [1.29, 1.82) is 0 Å². The Kier molecular flexibility index (Phi) is 33.7. The monoisotopic (exact) mass is 840 g/mol. The Morgan fingerprint density at radius 2 is 0.814 bits per heavy atom. The first-order valence-electron chi connectivity index (χ1n) is 25.8. The average molecular weight is 840 g/mol. The summed E-state index contributed by atoms with van der Waals surface area (Å²) in [4.78, 5) is 15.4.